The summed E-state index contributed by atoms with van der Waals surface area (Å²) in [6.07, 6.45) is 3.77. The molecular formula is C20H19ClN4O2. The van der Waals surface area contributed by atoms with Crippen LogP contribution in [-0.4, -0.2) is 39.2 Å². The first kappa shape index (κ1) is 17.5. The van der Waals surface area contributed by atoms with Crippen molar-refractivity contribution in [2.24, 2.45) is 0 Å². The molecular weight excluding hydrogens is 364 g/mol. The number of nitrogens with zero attached hydrogens (tertiary/aromatic N) is 3. The predicted molar refractivity (Wildman–Crippen MR) is 103 cm³/mol. The molecule has 1 saturated heterocycles. The molecule has 3 heterocycles. The van der Waals surface area contributed by atoms with Crippen LogP contribution in [0.25, 0.3) is 5.52 Å². The first-order valence-electron chi connectivity index (χ1n) is 8.92. The summed E-state index contributed by atoms with van der Waals surface area (Å²) in [5.41, 5.74) is 1.81. The zero-order chi connectivity index (χ0) is 18.8. The van der Waals surface area contributed by atoms with Crippen LogP contribution in [0.4, 0.5) is 0 Å². The van der Waals surface area contributed by atoms with E-state index in [2.05, 4.69) is 10.3 Å². The Morgan fingerprint density at radius 1 is 1.07 bits per heavy atom. The molecule has 3 aromatic rings. The van der Waals surface area contributed by atoms with Gasteiger partial charge in [0.05, 0.1) is 5.52 Å². The van der Waals surface area contributed by atoms with E-state index >= 15 is 0 Å². The van der Waals surface area contributed by atoms with Gasteiger partial charge in [-0.05, 0) is 42.7 Å². The zero-order valence-corrected chi connectivity index (χ0v) is 15.4. The number of nitrogens with one attached hydrogen (secondary N) is 1. The number of imidazole rings is 1. The van der Waals surface area contributed by atoms with E-state index in [9.17, 15) is 9.59 Å². The fourth-order valence-electron chi connectivity index (χ4n) is 3.29. The van der Waals surface area contributed by atoms with E-state index < -0.39 is 0 Å². The van der Waals surface area contributed by atoms with E-state index in [-0.39, 0.29) is 23.3 Å². The normalized spacial score (nSPS) is 13.9. The molecule has 138 valence electrons. The standard InChI is InChI=1S/C20H19ClN4O2/c21-15-8-6-14(7-9-15)13-22-19(26)17-16-5-1-2-12-25(16)18(23-17)20(27)24-10-3-4-11-24/h1-2,5-9,12H,3-4,10-11,13H2,(H,22,26). The number of hydrogen-bond donors (Lipinski definition) is 1. The van der Waals surface area contributed by atoms with Gasteiger partial charge in [0.1, 0.15) is 0 Å². The molecule has 0 spiro atoms. The minimum Gasteiger partial charge on any atom is -0.347 e. The van der Waals surface area contributed by atoms with E-state index in [4.69, 9.17) is 11.6 Å². The summed E-state index contributed by atoms with van der Waals surface area (Å²) < 4.78 is 1.69. The maximum atomic E-state index is 12.8. The lowest BCUT2D eigenvalue weighted by Crippen LogP contribution is -2.29. The number of halogens is 1. The highest BCUT2D eigenvalue weighted by molar-refractivity contribution is 6.30. The van der Waals surface area contributed by atoms with E-state index in [0.717, 1.165) is 31.5 Å². The van der Waals surface area contributed by atoms with Gasteiger partial charge in [-0.2, -0.15) is 0 Å². The summed E-state index contributed by atoms with van der Waals surface area (Å²) in [7, 11) is 0. The van der Waals surface area contributed by atoms with Crippen LogP contribution >= 0.6 is 11.6 Å². The molecule has 27 heavy (non-hydrogen) atoms. The highest BCUT2D eigenvalue weighted by atomic mass is 35.5. The SMILES string of the molecule is O=C(NCc1ccc(Cl)cc1)c1nc(C(=O)N2CCCC2)n2ccccc12. The molecule has 7 heteroatoms. The van der Waals surface area contributed by atoms with Crippen LogP contribution in [0.3, 0.4) is 0 Å². The molecule has 1 N–H and O–H groups in total. The number of benzene rings is 1. The van der Waals surface area contributed by atoms with Gasteiger partial charge in [0.15, 0.2) is 5.69 Å². The number of fused-ring (bicyclic) bond motifs is 1. The number of aromatic nitrogens is 2. The van der Waals surface area contributed by atoms with Crippen molar-refractivity contribution in [2.45, 2.75) is 19.4 Å². The smallest absolute Gasteiger partial charge is 0.290 e. The monoisotopic (exact) mass is 382 g/mol. The van der Waals surface area contributed by atoms with Gasteiger partial charge in [-0.25, -0.2) is 4.98 Å². The second-order valence-corrected chi connectivity index (χ2v) is 6.98. The van der Waals surface area contributed by atoms with E-state index in [0.29, 0.717) is 17.1 Å². The van der Waals surface area contributed by atoms with Crippen molar-refractivity contribution in [3.8, 4) is 0 Å². The molecule has 6 nitrogen and oxygen atoms in total. The highest BCUT2D eigenvalue weighted by Gasteiger charge is 2.26. The third-order valence-electron chi connectivity index (χ3n) is 4.71. The quantitative estimate of drug-likeness (QED) is 0.753. The summed E-state index contributed by atoms with van der Waals surface area (Å²) in [4.78, 5) is 31.7. The van der Waals surface area contributed by atoms with Crippen LogP contribution in [-0.2, 0) is 6.54 Å². The van der Waals surface area contributed by atoms with Crippen LogP contribution in [0.1, 0.15) is 39.5 Å². The fourth-order valence-corrected chi connectivity index (χ4v) is 3.41. The molecule has 1 aromatic carbocycles. The van der Waals surface area contributed by atoms with E-state index in [1.54, 1.807) is 33.7 Å². The van der Waals surface area contributed by atoms with Gasteiger partial charge < -0.3 is 10.2 Å². The minimum atomic E-state index is -0.311. The molecule has 1 aliphatic rings. The number of carbonyl (C=O) groups is 2. The lowest BCUT2D eigenvalue weighted by atomic mass is 10.2. The van der Waals surface area contributed by atoms with Crippen molar-refractivity contribution < 1.29 is 9.59 Å². The van der Waals surface area contributed by atoms with Crippen molar-refractivity contribution in [1.29, 1.82) is 0 Å². The van der Waals surface area contributed by atoms with E-state index in [1.165, 1.54) is 0 Å². The Labute approximate surface area is 161 Å². The van der Waals surface area contributed by atoms with Gasteiger partial charge >= 0.3 is 0 Å². The van der Waals surface area contributed by atoms with Gasteiger partial charge in [0.25, 0.3) is 11.8 Å². The second-order valence-electron chi connectivity index (χ2n) is 6.55. The van der Waals surface area contributed by atoms with E-state index in [1.807, 2.05) is 24.3 Å². The van der Waals surface area contributed by atoms with Gasteiger partial charge in [-0.3, -0.25) is 14.0 Å². The first-order chi connectivity index (χ1) is 13.1. The Kier molecular flexibility index (Phi) is 4.81. The Hall–Kier alpha value is -2.86. The molecule has 0 unspecified atom stereocenters. The number of carbonyl (C=O) groups excluding carboxylic acids is 2. The Bertz CT molecular complexity index is 991. The maximum absolute atomic E-state index is 12.8. The third-order valence-corrected chi connectivity index (χ3v) is 4.97. The molecule has 2 amide bonds. The summed E-state index contributed by atoms with van der Waals surface area (Å²) in [5, 5.41) is 3.51. The molecule has 0 bridgehead atoms. The summed E-state index contributed by atoms with van der Waals surface area (Å²) >= 11 is 5.89. The predicted octanol–water partition coefficient (Wildman–Crippen LogP) is 3.15. The molecule has 0 saturated carbocycles. The lowest BCUT2D eigenvalue weighted by Gasteiger charge is -2.13. The van der Waals surface area contributed by atoms with Gasteiger partial charge in [-0.1, -0.05) is 29.8 Å². The summed E-state index contributed by atoms with van der Waals surface area (Å²) in [6.45, 7) is 1.83. The number of rotatable bonds is 4. The molecule has 2 aromatic heterocycles. The van der Waals surface area contributed by atoms with Gasteiger partial charge in [0, 0.05) is 30.9 Å². The van der Waals surface area contributed by atoms with Crippen molar-refractivity contribution >= 4 is 28.9 Å². The number of pyridine rings is 1. The maximum Gasteiger partial charge on any atom is 0.290 e. The van der Waals surface area contributed by atoms with Crippen LogP contribution in [0.15, 0.2) is 48.7 Å². The summed E-state index contributed by atoms with van der Waals surface area (Å²) in [6, 6.07) is 12.7. The topological polar surface area (TPSA) is 66.7 Å². The number of amides is 2. The van der Waals surface area contributed by atoms with Crippen molar-refractivity contribution in [1.82, 2.24) is 19.6 Å². The van der Waals surface area contributed by atoms with Crippen molar-refractivity contribution in [3.63, 3.8) is 0 Å². The Balaban J connectivity index is 1.60. The van der Waals surface area contributed by atoms with Crippen molar-refractivity contribution in [3.05, 3.63) is 70.8 Å². The average Bonchev–Trinajstić information content (AvgIpc) is 3.35. The third kappa shape index (κ3) is 3.53. The fraction of sp³-hybridized carbons (Fsp3) is 0.250. The molecule has 4 rings (SSSR count). The molecule has 1 aliphatic heterocycles. The lowest BCUT2D eigenvalue weighted by molar-refractivity contribution is 0.0780. The molecule has 0 aliphatic carbocycles. The number of likely N-dealkylation sites (tertiary alicyclic amines) is 1. The van der Waals surface area contributed by atoms with Crippen LogP contribution in [0, 0.1) is 0 Å². The van der Waals surface area contributed by atoms with Crippen LogP contribution < -0.4 is 5.32 Å². The largest absolute Gasteiger partial charge is 0.347 e. The van der Waals surface area contributed by atoms with Crippen LogP contribution in [0.2, 0.25) is 5.02 Å². The molecule has 1 fully saturated rings. The van der Waals surface area contributed by atoms with Gasteiger partial charge in [-0.15, -0.1) is 0 Å². The Morgan fingerprint density at radius 3 is 2.56 bits per heavy atom. The van der Waals surface area contributed by atoms with Crippen LogP contribution in [0.5, 0.6) is 0 Å². The average molecular weight is 383 g/mol. The van der Waals surface area contributed by atoms with Gasteiger partial charge in [0.2, 0.25) is 5.82 Å². The Morgan fingerprint density at radius 2 is 1.81 bits per heavy atom. The molecule has 0 atom stereocenters. The highest BCUT2D eigenvalue weighted by Crippen LogP contribution is 2.18. The first-order valence-corrected chi connectivity index (χ1v) is 9.30. The second kappa shape index (κ2) is 7.40. The minimum absolute atomic E-state index is 0.134. The molecule has 0 radical (unpaired) electrons. The zero-order valence-electron chi connectivity index (χ0n) is 14.7. The van der Waals surface area contributed by atoms with Crippen molar-refractivity contribution in [2.75, 3.05) is 13.1 Å². The summed E-state index contributed by atoms with van der Waals surface area (Å²) in [5.74, 6) is -0.163. The number of hydrogen-bond acceptors (Lipinski definition) is 3.